The van der Waals surface area contributed by atoms with Crippen LogP contribution in [0.2, 0.25) is 0 Å². The van der Waals surface area contributed by atoms with E-state index in [9.17, 15) is 0 Å². The van der Waals surface area contributed by atoms with Gasteiger partial charge in [0, 0.05) is 0 Å². The summed E-state index contributed by atoms with van der Waals surface area (Å²) in [5.41, 5.74) is 0. The van der Waals surface area contributed by atoms with Crippen molar-refractivity contribution in [1.29, 1.82) is 0 Å². The van der Waals surface area contributed by atoms with E-state index in [4.69, 9.17) is 5.11 Å². The number of hydrogen-bond donors (Lipinski definition) is 1. The normalized spacial score (nSPS) is 14.7. The minimum absolute atomic E-state index is 0.410. The fourth-order valence-corrected chi connectivity index (χ4v) is 0. The van der Waals surface area contributed by atoms with Gasteiger partial charge in [-0.15, -0.1) is 0 Å². The van der Waals surface area contributed by atoms with Crippen LogP contribution in [0.5, 0.6) is 0 Å². The summed E-state index contributed by atoms with van der Waals surface area (Å²) < 4.78 is 0. The van der Waals surface area contributed by atoms with Gasteiger partial charge in [-0.2, -0.15) is 0 Å². The molecule has 0 saturated heterocycles. The Hall–Kier alpha value is 0.390. The molecule has 0 unspecified atom stereocenters. The van der Waals surface area contributed by atoms with Crippen LogP contribution in [0.3, 0.4) is 0 Å². The Morgan fingerprint density at radius 3 is 1.50 bits per heavy atom. The second-order valence-corrected chi connectivity index (χ2v) is 8.16. The maximum atomic E-state index is 8.46. The average Bonchev–Trinajstić information content (AvgIpc) is 1.35. The number of aliphatic hydroxyl groups excluding tert-OH is 1. The third-order valence-electron chi connectivity index (χ3n) is 0.474. The monoisotopic (exact) mass is 108 g/mol. The predicted octanol–water partition coefficient (Wildman–Crippen LogP) is 0.575. The van der Waals surface area contributed by atoms with E-state index < -0.39 is 7.26 Å². The van der Waals surface area contributed by atoms with Crippen molar-refractivity contribution in [2.45, 2.75) is 0 Å². The van der Waals surface area contributed by atoms with Gasteiger partial charge in [0.05, 0.1) is 0 Å². The molecule has 0 radical (unpaired) electrons. The third kappa shape index (κ3) is 4.39. The first-order chi connectivity index (χ1) is 2.56. The molecule has 40 valence electrons. The van der Waals surface area contributed by atoms with Crippen molar-refractivity contribution < 1.29 is 5.11 Å². The number of aliphatic hydroxyl groups is 1. The van der Waals surface area contributed by atoms with E-state index in [1.165, 1.54) is 0 Å². The Morgan fingerprint density at radius 2 is 1.50 bits per heavy atom. The first-order valence-corrected chi connectivity index (χ1v) is 5.88. The molecule has 1 N–H and O–H groups in total. The standard InChI is InChI=1S/C4H13OP/c1-6(2,3)4-5/h5-6H,4H2,1-3H3. The van der Waals surface area contributed by atoms with Crippen LogP contribution < -0.4 is 0 Å². The molecule has 0 atom stereocenters. The van der Waals surface area contributed by atoms with E-state index >= 15 is 0 Å². The van der Waals surface area contributed by atoms with Crippen molar-refractivity contribution in [3.05, 3.63) is 0 Å². The van der Waals surface area contributed by atoms with Gasteiger partial charge in [0.1, 0.15) is 0 Å². The van der Waals surface area contributed by atoms with E-state index in [0.29, 0.717) is 6.35 Å². The summed E-state index contributed by atoms with van der Waals surface area (Å²) in [5.74, 6) is 0. The Kier molecular flexibility index (Phi) is 2.03. The Labute approximate surface area is 39.7 Å². The minimum atomic E-state index is -1.08. The Balaban J connectivity index is 3.17. The molecule has 0 amide bonds. The molecule has 0 aliphatic carbocycles. The summed E-state index contributed by atoms with van der Waals surface area (Å²) >= 11 is 0. The van der Waals surface area contributed by atoms with Gasteiger partial charge in [0.15, 0.2) is 0 Å². The van der Waals surface area contributed by atoms with E-state index in [2.05, 4.69) is 20.0 Å². The van der Waals surface area contributed by atoms with Gasteiger partial charge in [-0.25, -0.2) is 0 Å². The molecular weight excluding hydrogens is 95.0 g/mol. The van der Waals surface area contributed by atoms with Crippen LogP contribution in [-0.2, 0) is 0 Å². The fraction of sp³-hybridized carbons (Fsp3) is 1.00. The molecule has 2 heteroatoms. The summed E-state index contributed by atoms with van der Waals surface area (Å²) in [6.45, 7) is 6.40. The summed E-state index contributed by atoms with van der Waals surface area (Å²) in [4.78, 5) is 0. The number of hydrogen-bond acceptors (Lipinski definition) is 1. The molecule has 0 rings (SSSR count). The molecule has 0 heterocycles. The van der Waals surface area contributed by atoms with Gasteiger partial charge in [-0.05, 0) is 0 Å². The summed E-state index contributed by atoms with van der Waals surface area (Å²) in [6.07, 6.45) is 0.410. The SMILES string of the molecule is C[PH](C)(C)CO. The summed E-state index contributed by atoms with van der Waals surface area (Å²) in [6, 6.07) is 0. The molecule has 0 fully saturated rings. The van der Waals surface area contributed by atoms with Crippen molar-refractivity contribution in [2.75, 3.05) is 26.3 Å². The molecule has 0 bridgehead atoms. The molecule has 6 heavy (non-hydrogen) atoms. The summed E-state index contributed by atoms with van der Waals surface area (Å²) in [7, 11) is -1.08. The zero-order valence-electron chi connectivity index (χ0n) is 4.65. The average molecular weight is 108 g/mol. The van der Waals surface area contributed by atoms with Gasteiger partial charge in [0.25, 0.3) is 0 Å². The summed E-state index contributed by atoms with van der Waals surface area (Å²) in [5, 5.41) is 8.46. The van der Waals surface area contributed by atoms with Gasteiger partial charge in [-0.3, -0.25) is 0 Å². The molecule has 0 aromatic rings. The predicted molar refractivity (Wildman–Crippen MR) is 33.2 cm³/mol. The second kappa shape index (κ2) is 1.90. The van der Waals surface area contributed by atoms with Crippen molar-refractivity contribution in [3.63, 3.8) is 0 Å². The van der Waals surface area contributed by atoms with Gasteiger partial charge in [-0.1, -0.05) is 0 Å². The Bertz CT molecular complexity index is 37.3. The first-order valence-electron chi connectivity index (χ1n) is 2.17. The zero-order chi connectivity index (χ0) is 5.21. The fourth-order valence-electron chi connectivity index (χ4n) is 0. The molecule has 0 aromatic heterocycles. The van der Waals surface area contributed by atoms with Crippen LogP contribution in [0, 0.1) is 0 Å². The topological polar surface area (TPSA) is 20.2 Å². The molecular formula is C4H13OP. The van der Waals surface area contributed by atoms with Crippen LogP contribution in [0.4, 0.5) is 0 Å². The molecule has 1 nitrogen and oxygen atoms in total. The second-order valence-electron chi connectivity index (χ2n) is 2.72. The van der Waals surface area contributed by atoms with Crippen LogP contribution in [-0.4, -0.2) is 31.4 Å². The van der Waals surface area contributed by atoms with E-state index in [1.807, 2.05) is 0 Å². The van der Waals surface area contributed by atoms with Crippen LogP contribution in [0.25, 0.3) is 0 Å². The van der Waals surface area contributed by atoms with E-state index in [0.717, 1.165) is 0 Å². The number of rotatable bonds is 1. The molecule has 0 aromatic carbocycles. The first kappa shape index (κ1) is 6.39. The molecule has 0 spiro atoms. The van der Waals surface area contributed by atoms with E-state index in [-0.39, 0.29) is 0 Å². The van der Waals surface area contributed by atoms with Crippen molar-refractivity contribution >= 4 is 7.26 Å². The third-order valence-corrected chi connectivity index (χ3v) is 1.42. The quantitative estimate of drug-likeness (QED) is 0.487. The maximum absolute atomic E-state index is 8.46. The van der Waals surface area contributed by atoms with Crippen LogP contribution in [0.15, 0.2) is 0 Å². The molecule has 0 aliphatic heterocycles. The van der Waals surface area contributed by atoms with Gasteiger partial charge >= 0.3 is 38.7 Å². The Morgan fingerprint density at radius 1 is 1.33 bits per heavy atom. The molecule has 0 saturated carbocycles. The van der Waals surface area contributed by atoms with E-state index in [1.54, 1.807) is 0 Å². The van der Waals surface area contributed by atoms with Crippen LogP contribution in [0.1, 0.15) is 0 Å². The van der Waals surface area contributed by atoms with Crippen molar-refractivity contribution in [2.24, 2.45) is 0 Å². The van der Waals surface area contributed by atoms with Crippen molar-refractivity contribution in [3.8, 4) is 0 Å². The van der Waals surface area contributed by atoms with Crippen molar-refractivity contribution in [1.82, 2.24) is 0 Å². The van der Waals surface area contributed by atoms with Gasteiger partial charge in [0.2, 0.25) is 0 Å². The molecule has 0 aliphatic rings. The zero-order valence-corrected chi connectivity index (χ0v) is 5.65. The van der Waals surface area contributed by atoms with Gasteiger partial charge < -0.3 is 0 Å². The van der Waals surface area contributed by atoms with Crippen LogP contribution >= 0.6 is 7.26 Å².